The molecule has 1 aliphatic rings. The number of nitrogens with one attached hydrogen (secondary N) is 1. The molecule has 2 aromatic heterocycles. The lowest BCUT2D eigenvalue weighted by atomic mass is 10.1. The number of rotatable bonds is 6. The van der Waals surface area contributed by atoms with E-state index in [1.807, 2.05) is 54.5 Å². The number of nitrogens with zero attached hydrogens (tertiary/aromatic N) is 4. The normalized spacial score (nSPS) is 17.5. The second kappa shape index (κ2) is 9.43. The Morgan fingerprint density at radius 2 is 2.14 bits per heavy atom. The first-order valence-electron chi connectivity index (χ1n) is 9.97. The van der Waals surface area contributed by atoms with E-state index in [1.165, 1.54) is 5.56 Å². The second-order valence-corrected chi connectivity index (χ2v) is 7.13. The van der Waals surface area contributed by atoms with Crippen molar-refractivity contribution in [2.24, 2.45) is 12.0 Å². The van der Waals surface area contributed by atoms with E-state index in [4.69, 9.17) is 14.1 Å². The number of guanidine groups is 1. The molecule has 1 aliphatic heterocycles. The van der Waals surface area contributed by atoms with Crippen LogP contribution < -0.4 is 5.32 Å². The molecule has 1 fully saturated rings. The Balaban J connectivity index is 1.45. The van der Waals surface area contributed by atoms with Crippen molar-refractivity contribution in [2.45, 2.75) is 19.1 Å². The van der Waals surface area contributed by atoms with Crippen LogP contribution in [0.15, 0.2) is 70.5 Å². The molecule has 0 amide bonds. The first kappa shape index (κ1) is 19.3. The van der Waals surface area contributed by atoms with Crippen molar-refractivity contribution >= 4 is 5.96 Å². The fraction of sp³-hybridized carbons (Fsp3) is 0.364. The summed E-state index contributed by atoms with van der Waals surface area (Å²) in [5, 5.41) is 7.79. The van der Waals surface area contributed by atoms with Crippen molar-refractivity contribution in [3.63, 3.8) is 0 Å². The van der Waals surface area contributed by atoms with Crippen LogP contribution in [-0.2, 0) is 24.8 Å². The summed E-state index contributed by atoms with van der Waals surface area (Å²) >= 11 is 0. The molecule has 0 saturated carbocycles. The third kappa shape index (κ3) is 5.26. The lowest BCUT2D eigenvalue weighted by Crippen LogP contribution is -2.48. The van der Waals surface area contributed by atoms with E-state index in [-0.39, 0.29) is 6.10 Å². The van der Waals surface area contributed by atoms with Gasteiger partial charge in [0.15, 0.2) is 5.96 Å². The molecule has 4 rings (SSSR count). The van der Waals surface area contributed by atoms with Gasteiger partial charge in [-0.05, 0) is 17.7 Å². The SMILES string of the molecule is Cn1cc(C2CN(C(=NCc3ccccc3)NCCc3ccco3)CCO2)cn1. The average molecular weight is 393 g/mol. The molecule has 3 heterocycles. The van der Waals surface area contributed by atoms with Crippen LogP contribution >= 0.6 is 0 Å². The van der Waals surface area contributed by atoms with Crippen molar-refractivity contribution in [1.82, 2.24) is 20.0 Å². The van der Waals surface area contributed by atoms with Gasteiger partial charge in [-0.1, -0.05) is 30.3 Å². The highest BCUT2D eigenvalue weighted by molar-refractivity contribution is 5.80. The minimum atomic E-state index is -0.00810. The van der Waals surface area contributed by atoms with Gasteiger partial charge < -0.3 is 19.4 Å². The van der Waals surface area contributed by atoms with Gasteiger partial charge in [-0.2, -0.15) is 5.10 Å². The molecule has 1 atom stereocenters. The lowest BCUT2D eigenvalue weighted by Gasteiger charge is -2.35. The van der Waals surface area contributed by atoms with Crippen LogP contribution in [0.1, 0.15) is 23.0 Å². The quantitative estimate of drug-likeness (QED) is 0.515. The minimum absolute atomic E-state index is 0.00810. The predicted molar refractivity (Wildman–Crippen MR) is 111 cm³/mol. The Hall–Kier alpha value is -3.06. The van der Waals surface area contributed by atoms with Gasteiger partial charge in [-0.15, -0.1) is 0 Å². The summed E-state index contributed by atoms with van der Waals surface area (Å²) in [6, 6.07) is 14.2. The number of aliphatic imine (C=N–C) groups is 1. The average Bonchev–Trinajstić information content (AvgIpc) is 3.43. The van der Waals surface area contributed by atoms with Crippen LogP contribution in [0.5, 0.6) is 0 Å². The van der Waals surface area contributed by atoms with E-state index in [0.717, 1.165) is 43.3 Å². The van der Waals surface area contributed by atoms with Gasteiger partial charge in [0.05, 0.1) is 32.2 Å². The maximum absolute atomic E-state index is 5.99. The third-order valence-corrected chi connectivity index (χ3v) is 4.95. The molecule has 1 aromatic carbocycles. The molecule has 29 heavy (non-hydrogen) atoms. The van der Waals surface area contributed by atoms with Gasteiger partial charge in [-0.3, -0.25) is 4.68 Å². The van der Waals surface area contributed by atoms with Crippen LogP contribution in [0, 0.1) is 0 Å². The molecule has 1 unspecified atom stereocenters. The Bertz CT molecular complexity index is 904. The summed E-state index contributed by atoms with van der Waals surface area (Å²) in [5.41, 5.74) is 2.28. The van der Waals surface area contributed by atoms with Crippen LogP contribution in [0.2, 0.25) is 0 Å². The highest BCUT2D eigenvalue weighted by Crippen LogP contribution is 2.21. The van der Waals surface area contributed by atoms with Gasteiger partial charge in [-0.25, -0.2) is 4.99 Å². The molecule has 7 heteroatoms. The molecule has 0 spiro atoms. The van der Waals surface area contributed by atoms with Gasteiger partial charge in [0.2, 0.25) is 0 Å². The standard InChI is InChI=1S/C22H27N5O2/c1-26-16-19(15-25-26)21-17-27(11-13-29-21)22(23-10-9-20-8-5-12-28-20)24-14-18-6-3-2-4-7-18/h2-8,12,15-16,21H,9-11,13-14,17H2,1H3,(H,23,24). The van der Waals surface area contributed by atoms with Crippen LogP contribution in [0.25, 0.3) is 0 Å². The first-order chi connectivity index (χ1) is 14.3. The maximum atomic E-state index is 5.99. The van der Waals surface area contributed by atoms with Crippen LogP contribution in [-0.4, -0.2) is 46.9 Å². The molecule has 0 radical (unpaired) electrons. The van der Waals surface area contributed by atoms with Gasteiger partial charge >= 0.3 is 0 Å². The number of benzene rings is 1. The maximum Gasteiger partial charge on any atom is 0.194 e. The number of furan rings is 1. The Morgan fingerprint density at radius 3 is 2.90 bits per heavy atom. The summed E-state index contributed by atoms with van der Waals surface area (Å²) in [4.78, 5) is 7.16. The molecule has 152 valence electrons. The molecule has 0 aliphatic carbocycles. The zero-order valence-electron chi connectivity index (χ0n) is 16.7. The Kier molecular flexibility index (Phi) is 6.26. The Morgan fingerprint density at radius 1 is 1.24 bits per heavy atom. The topological polar surface area (TPSA) is 67.8 Å². The number of ether oxygens (including phenoxy) is 1. The molecule has 0 bridgehead atoms. The highest BCUT2D eigenvalue weighted by atomic mass is 16.5. The van der Waals surface area contributed by atoms with Crippen molar-refractivity contribution in [2.75, 3.05) is 26.2 Å². The van der Waals surface area contributed by atoms with Crippen molar-refractivity contribution in [1.29, 1.82) is 0 Å². The van der Waals surface area contributed by atoms with E-state index in [2.05, 4.69) is 27.4 Å². The van der Waals surface area contributed by atoms with Crippen molar-refractivity contribution in [3.05, 3.63) is 78.0 Å². The van der Waals surface area contributed by atoms with Crippen molar-refractivity contribution < 1.29 is 9.15 Å². The fourth-order valence-corrected chi connectivity index (χ4v) is 3.42. The van der Waals surface area contributed by atoms with Gasteiger partial charge in [0.1, 0.15) is 11.9 Å². The third-order valence-electron chi connectivity index (χ3n) is 4.95. The number of hydrogen-bond acceptors (Lipinski definition) is 4. The molecule has 7 nitrogen and oxygen atoms in total. The van der Waals surface area contributed by atoms with Gasteiger partial charge in [0, 0.05) is 38.3 Å². The van der Waals surface area contributed by atoms with E-state index < -0.39 is 0 Å². The monoisotopic (exact) mass is 393 g/mol. The second-order valence-electron chi connectivity index (χ2n) is 7.13. The predicted octanol–water partition coefficient (Wildman–Crippen LogP) is 2.77. The highest BCUT2D eigenvalue weighted by Gasteiger charge is 2.25. The lowest BCUT2D eigenvalue weighted by molar-refractivity contribution is -0.00807. The van der Waals surface area contributed by atoms with Gasteiger partial charge in [0.25, 0.3) is 0 Å². The Labute approximate surface area is 171 Å². The number of aryl methyl sites for hydroxylation is 1. The molecular weight excluding hydrogens is 366 g/mol. The molecular formula is C22H27N5O2. The zero-order valence-corrected chi connectivity index (χ0v) is 16.7. The van der Waals surface area contributed by atoms with Crippen molar-refractivity contribution in [3.8, 4) is 0 Å². The van der Waals surface area contributed by atoms with E-state index >= 15 is 0 Å². The zero-order chi connectivity index (χ0) is 19.9. The van der Waals surface area contributed by atoms with E-state index in [0.29, 0.717) is 13.2 Å². The smallest absolute Gasteiger partial charge is 0.194 e. The fourth-order valence-electron chi connectivity index (χ4n) is 3.42. The van der Waals surface area contributed by atoms with Crippen LogP contribution in [0.4, 0.5) is 0 Å². The minimum Gasteiger partial charge on any atom is -0.469 e. The summed E-state index contributed by atoms with van der Waals surface area (Å²) < 4.78 is 13.2. The molecule has 1 N–H and O–H groups in total. The molecule has 1 saturated heterocycles. The molecule has 3 aromatic rings. The van der Waals surface area contributed by atoms with E-state index in [1.54, 1.807) is 6.26 Å². The van der Waals surface area contributed by atoms with Crippen LogP contribution in [0.3, 0.4) is 0 Å². The number of aromatic nitrogens is 2. The summed E-state index contributed by atoms with van der Waals surface area (Å²) in [7, 11) is 1.92. The number of morpholine rings is 1. The summed E-state index contributed by atoms with van der Waals surface area (Å²) in [5.74, 6) is 1.87. The summed E-state index contributed by atoms with van der Waals surface area (Å²) in [6.45, 7) is 3.60. The number of hydrogen-bond donors (Lipinski definition) is 1. The largest absolute Gasteiger partial charge is 0.469 e. The first-order valence-corrected chi connectivity index (χ1v) is 9.97. The van der Waals surface area contributed by atoms with E-state index in [9.17, 15) is 0 Å². The summed E-state index contributed by atoms with van der Waals surface area (Å²) in [6.07, 6.45) is 6.40.